The molecule has 0 spiro atoms. The molecule has 1 aromatic rings. The number of hydrogen-bond donors (Lipinski definition) is 2. The summed E-state index contributed by atoms with van der Waals surface area (Å²) in [5, 5.41) is 13.9. The van der Waals surface area contributed by atoms with Gasteiger partial charge in [0.25, 0.3) is 0 Å². The molecule has 4 fully saturated rings. The fourth-order valence-electron chi connectivity index (χ4n) is 12.0. The molecule has 0 bridgehead atoms. The Kier molecular flexibility index (Phi) is 10.3. The molecule has 274 valence electrons. The third kappa shape index (κ3) is 6.52. The Hall–Kier alpha value is -2.53. The van der Waals surface area contributed by atoms with Gasteiger partial charge in [-0.1, -0.05) is 69.2 Å². The molecule has 2 N–H and O–H groups in total. The molecule has 1 aromatic heterocycles. The second-order valence-electron chi connectivity index (χ2n) is 18.2. The Bertz CT molecular complexity index is 1540. The summed E-state index contributed by atoms with van der Waals surface area (Å²) in [7, 11) is 2.70. The van der Waals surface area contributed by atoms with E-state index in [0.29, 0.717) is 59.3 Å². The van der Waals surface area contributed by atoms with E-state index in [2.05, 4.69) is 51.5 Å². The molecule has 10 atom stereocenters. The van der Waals surface area contributed by atoms with Gasteiger partial charge in [0.2, 0.25) is 0 Å². The summed E-state index contributed by atoms with van der Waals surface area (Å²) in [4.78, 5) is 28.8. The maximum absolute atomic E-state index is 12.9. The molecule has 50 heavy (non-hydrogen) atoms. The van der Waals surface area contributed by atoms with Gasteiger partial charge in [-0.05, 0) is 121 Å². The van der Waals surface area contributed by atoms with Crippen LogP contribution in [0.3, 0.4) is 0 Å². The lowest BCUT2D eigenvalue weighted by atomic mass is 9.38. The van der Waals surface area contributed by atoms with Gasteiger partial charge in [-0.15, -0.1) is 0 Å². The average Bonchev–Trinajstić information content (AvgIpc) is 3.45. The molecule has 2 heterocycles. The number of hydrogen-bond acceptors (Lipinski definition) is 7. The molecule has 10 unspecified atom stereocenters. The minimum Gasteiger partial charge on any atom is -0.462 e. The van der Waals surface area contributed by atoms with Gasteiger partial charge >= 0.3 is 5.97 Å². The van der Waals surface area contributed by atoms with Crippen molar-refractivity contribution < 1.29 is 19.1 Å². The number of fused-ring (bicyclic) bond motifs is 7. The average molecular weight is 704 g/mol. The smallest absolute Gasteiger partial charge is 0.307 e. The normalized spacial score (nSPS) is 36.9. The molecule has 8 heteroatoms. The van der Waals surface area contributed by atoms with E-state index in [4.69, 9.17) is 14.9 Å². The van der Waals surface area contributed by atoms with Crippen molar-refractivity contribution in [3.8, 4) is 0 Å². The molecule has 0 saturated heterocycles. The number of rotatable bonds is 10. The van der Waals surface area contributed by atoms with Crippen LogP contribution in [0.15, 0.2) is 35.8 Å². The highest BCUT2D eigenvalue weighted by Crippen LogP contribution is 2.73. The topological polar surface area (TPSA) is 101 Å². The van der Waals surface area contributed by atoms with E-state index < -0.39 is 5.41 Å². The van der Waals surface area contributed by atoms with E-state index in [1.165, 1.54) is 32.1 Å². The first-order valence-electron chi connectivity index (χ1n) is 19.3. The Balaban J connectivity index is 1.19. The number of esters is 1. The molecule has 4 saturated carbocycles. The van der Waals surface area contributed by atoms with Crippen molar-refractivity contribution >= 4 is 38.2 Å². The van der Waals surface area contributed by atoms with Gasteiger partial charge in [-0.2, -0.15) is 0 Å². The number of pyridine rings is 1. The van der Waals surface area contributed by atoms with Gasteiger partial charge in [0.1, 0.15) is 23.8 Å². The van der Waals surface area contributed by atoms with Gasteiger partial charge in [0.15, 0.2) is 5.90 Å². The summed E-state index contributed by atoms with van der Waals surface area (Å²) >= 11 is 0. The third-order valence-electron chi connectivity index (χ3n) is 14.4. The van der Waals surface area contributed by atoms with Crippen LogP contribution < -0.4 is 5.32 Å². The van der Waals surface area contributed by atoms with Gasteiger partial charge in [-0.25, -0.2) is 0 Å². The zero-order valence-corrected chi connectivity index (χ0v) is 32.9. The number of anilines is 1. The first-order chi connectivity index (χ1) is 23.6. The van der Waals surface area contributed by atoms with Crippen LogP contribution in [0, 0.1) is 62.6 Å². The summed E-state index contributed by atoms with van der Waals surface area (Å²) < 4.78 is 12.3. The van der Waals surface area contributed by atoms with E-state index in [-0.39, 0.29) is 34.7 Å². The summed E-state index contributed by atoms with van der Waals surface area (Å²) in [5.41, 5.74) is 3.16. The van der Waals surface area contributed by atoms with Gasteiger partial charge in [0.05, 0.1) is 18.3 Å². The van der Waals surface area contributed by atoms with E-state index >= 15 is 0 Å². The van der Waals surface area contributed by atoms with Crippen LogP contribution in [-0.4, -0.2) is 42.5 Å². The van der Waals surface area contributed by atoms with E-state index in [1.54, 1.807) is 30.9 Å². The zero-order chi connectivity index (χ0) is 36.2. The molecular weight excluding hydrogens is 641 g/mol. The lowest BCUT2D eigenvalue weighted by molar-refractivity contribution is -0.191. The molecule has 7 nitrogen and oxygen atoms in total. The Labute approximate surface area is 302 Å². The quantitative estimate of drug-likeness (QED) is 0.0628. The van der Waals surface area contributed by atoms with Crippen molar-refractivity contribution in [2.45, 2.75) is 119 Å². The lowest BCUT2D eigenvalue weighted by Crippen LogP contribution is -2.60. The first-order valence-corrected chi connectivity index (χ1v) is 20.5. The Morgan fingerprint density at radius 2 is 1.82 bits per heavy atom. The number of nitrogens with one attached hydrogen (secondary N) is 2. The number of allylic oxidation sites excluding steroid dienone is 2. The highest BCUT2D eigenvalue weighted by atomic mass is 31.1. The second kappa shape index (κ2) is 13.8. The second-order valence-corrected chi connectivity index (χ2v) is 19.4. The van der Waals surface area contributed by atoms with Gasteiger partial charge in [0, 0.05) is 24.3 Å². The summed E-state index contributed by atoms with van der Waals surface area (Å²) in [5.74, 6) is 3.82. The van der Waals surface area contributed by atoms with Crippen LogP contribution in [0.4, 0.5) is 5.69 Å². The highest BCUT2D eigenvalue weighted by molar-refractivity contribution is 7.43. The molecule has 5 aliphatic rings. The van der Waals surface area contributed by atoms with Crippen molar-refractivity contribution in [2.24, 2.45) is 57.2 Å². The lowest BCUT2D eigenvalue weighted by Gasteiger charge is -2.67. The van der Waals surface area contributed by atoms with Crippen molar-refractivity contribution in [2.75, 3.05) is 18.5 Å². The predicted molar refractivity (Wildman–Crippen MR) is 204 cm³/mol. The molecule has 0 amide bonds. The predicted octanol–water partition coefficient (Wildman–Crippen LogP) is 9.88. The monoisotopic (exact) mass is 703 g/mol. The van der Waals surface area contributed by atoms with Crippen molar-refractivity contribution in [1.82, 2.24) is 4.98 Å². The minimum atomic E-state index is -0.685. The maximum Gasteiger partial charge on any atom is 0.307 e. The van der Waals surface area contributed by atoms with Gasteiger partial charge in [-0.3, -0.25) is 15.2 Å². The van der Waals surface area contributed by atoms with E-state index in [9.17, 15) is 9.59 Å². The maximum atomic E-state index is 12.9. The van der Waals surface area contributed by atoms with Gasteiger partial charge < -0.3 is 19.6 Å². The standard InChI is InChI=1S/C42H62N3O4P/c1-25(2)38-37-29-11-13-34-40(7)18-16-33(49-36(47)21-39(5,6)23-46)26(3)30(40)14-17-41(34,8)31(29)15-19-42(37,24-50-38)20-35(43)48-27(4)32-12-10-28(44-9)22-45-32/h10,12,22-23,25-26,29-31,33-34,43-44,50H,4,11,13-21,24H2,1-3,5-9H3. The molecule has 6 rings (SSSR count). The van der Waals surface area contributed by atoms with Crippen LogP contribution in [0.2, 0.25) is 0 Å². The van der Waals surface area contributed by atoms with Crippen molar-refractivity contribution in [3.63, 3.8) is 0 Å². The number of aldehydes is 1. The van der Waals surface area contributed by atoms with Crippen LogP contribution >= 0.6 is 8.58 Å². The number of ether oxygens (including phenoxy) is 2. The molecule has 0 aromatic carbocycles. The number of carbonyl (C=O) groups excluding carboxylic acids is 2. The van der Waals surface area contributed by atoms with Crippen LogP contribution in [0.1, 0.15) is 118 Å². The summed E-state index contributed by atoms with van der Waals surface area (Å²) in [6.45, 7) is 20.1. The zero-order valence-electron chi connectivity index (χ0n) is 31.9. The van der Waals surface area contributed by atoms with Crippen molar-refractivity contribution in [1.29, 1.82) is 5.41 Å². The summed E-state index contributed by atoms with van der Waals surface area (Å²) in [6.07, 6.45) is 13.8. The van der Waals surface area contributed by atoms with E-state index in [0.717, 1.165) is 46.0 Å². The molecule has 4 aliphatic carbocycles. The van der Waals surface area contributed by atoms with Crippen molar-refractivity contribution in [3.05, 3.63) is 41.5 Å². The SMILES string of the molecule is C=C(OC(=N)CC12CCC3C(CCC4C3(C)CCC3C(C)C(OC(=O)CC(C)(C)C=O)CCC34C)C1=C(C(C)C)PC2)c1ccc(NC)cn1. The molecule has 0 radical (unpaired) electrons. The highest BCUT2D eigenvalue weighted by Gasteiger charge is 2.64. The number of aromatic nitrogens is 1. The largest absolute Gasteiger partial charge is 0.462 e. The van der Waals surface area contributed by atoms with Crippen LogP contribution in [0.5, 0.6) is 0 Å². The Morgan fingerprint density at radius 3 is 2.48 bits per heavy atom. The van der Waals surface area contributed by atoms with E-state index in [1.807, 2.05) is 19.2 Å². The Morgan fingerprint density at radius 1 is 1.12 bits per heavy atom. The summed E-state index contributed by atoms with van der Waals surface area (Å²) in [6, 6.07) is 3.85. The number of nitrogens with zero attached hydrogens (tertiary/aromatic N) is 1. The fourth-order valence-corrected chi connectivity index (χ4v) is 14.0. The van der Waals surface area contributed by atoms with Crippen LogP contribution in [0.25, 0.3) is 5.76 Å². The molecule has 1 aliphatic heterocycles. The molecular formula is C42H62N3O4P. The fraction of sp³-hybridized carbons (Fsp3) is 0.714. The minimum absolute atomic E-state index is 0.0131. The third-order valence-corrected chi connectivity index (χ3v) is 16.4. The van der Waals surface area contributed by atoms with Crippen LogP contribution in [-0.2, 0) is 19.1 Å². The first kappa shape index (κ1) is 37.2. The number of carbonyl (C=O) groups is 2.